The molecular weight excluding hydrogens is 304 g/mol. The molecule has 1 fully saturated rings. The molecule has 1 aromatic carbocycles. The third-order valence-electron chi connectivity index (χ3n) is 3.59. The first kappa shape index (κ1) is 15.4. The number of benzene rings is 1. The largest absolute Gasteiger partial charge is 0.309 e. The molecule has 2 unspecified atom stereocenters. The lowest BCUT2D eigenvalue weighted by Gasteiger charge is -2.26. The molecule has 1 saturated heterocycles. The first-order valence-electron chi connectivity index (χ1n) is 6.43. The summed E-state index contributed by atoms with van der Waals surface area (Å²) in [7, 11) is 0. The quantitative estimate of drug-likeness (QED) is 0.777. The smallest absolute Gasteiger partial charge is 0.142 e. The Morgan fingerprint density at radius 1 is 1.42 bits per heavy atom. The van der Waals surface area contributed by atoms with Crippen molar-refractivity contribution in [3.63, 3.8) is 0 Å². The average Bonchev–Trinajstić information content (AvgIpc) is 2.78. The SMILES string of the molecule is CC(NCC1(C)CCCS1)c1cc(F)c(Cl)cc1Cl. The first-order valence-corrected chi connectivity index (χ1v) is 8.17. The zero-order chi connectivity index (χ0) is 14.0. The van der Waals surface area contributed by atoms with Crippen molar-refractivity contribution >= 4 is 35.0 Å². The number of rotatable bonds is 4. The summed E-state index contributed by atoms with van der Waals surface area (Å²) in [6.45, 7) is 5.17. The molecule has 1 heterocycles. The topological polar surface area (TPSA) is 12.0 Å². The minimum atomic E-state index is -0.420. The summed E-state index contributed by atoms with van der Waals surface area (Å²) in [4.78, 5) is 0. The van der Waals surface area contributed by atoms with Crippen molar-refractivity contribution in [2.75, 3.05) is 12.3 Å². The van der Waals surface area contributed by atoms with Gasteiger partial charge in [-0.3, -0.25) is 0 Å². The number of hydrogen-bond acceptors (Lipinski definition) is 2. The second kappa shape index (κ2) is 6.21. The van der Waals surface area contributed by atoms with E-state index < -0.39 is 5.82 Å². The van der Waals surface area contributed by atoms with Crippen molar-refractivity contribution < 1.29 is 4.39 Å². The van der Waals surface area contributed by atoms with Crippen molar-refractivity contribution in [1.29, 1.82) is 0 Å². The maximum Gasteiger partial charge on any atom is 0.142 e. The third kappa shape index (κ3) is 3.78. The highest BCUT2D eigenvalue weighted by Gasteiger charge is 2.29. The van der Waals surface area contributed by atoms with E-state index in [9.17, 15) is 4.39 Å². The monoisotopic (exact) mass is 321 g/mol. The molecule has 1 nitrogen and oxygen atoms in total. The Balaban J connectivity index is 2.03. The van der Waals surface area contributed by atoms with E-state index in [0.717, 1.165) is 12.1 Å². The Bertz CT molecular complexity index is 461. The summed E-state index contributed by atoms with van der Waals surface area (Å²) >= 11 is 13.8. The number of halogens is 3. The fourth-order valence-corrected chi connectivity index (χ4v) is 4.13. The third-order valence-corrected chi connectivity index (χ3v) is 5.74. The van der Waals surface area contributed by atoms with E-state index in [1.54, 1.807) is 0 Å². The van der Waals surface area contributed by atoms with Crippen molar-refractivity contribution in [1.82, 2.24) is 5.32 Å². The standard InChI is InChI=1S/C14H18Cl2FNS/c1-9(18-8-14(2)4-3-5-19-14)10-6-13(17)12(16)7-11(10)15/h6-7,9,18H,3-5,8H2,1-2H3. The van der Waals surface area contributed by atoms with Gasteiger partial charge >= 0.3 is 0 Å². The van der Waals surface area contributed by atoms with E-state index in [0.29, 0.717) is 5.02 Å². The van der Waals surface area contributed by atoms with Crippen molar-refractivity contribution in [2.24, 2.45) is 0 Å². The maximum absolute atomic E-state index is 13.5. The summed E-state index contributed by atoms with van der Waals surface area (Å²) in [5, 5.41) is 4.03. The maximum atomic E-state index is 13.5. The highest BCUT2D eigenvalue weighted by atomic mass is 35.5. The highest BCUT2D eigenvalue weighted by Crippen LogP contribution is 2.37. The van der Waals surface area contributed by atoms with Crippen LogP contribution < -0.4 is 5.32 Å². The highest BCUT2D eigenvalue weighted by molar-refractivity contribution is 8.00. The van der Waals surface area contributed by atoms with Crippen LogP contribution in [0.2, 0.25) is 10.0 Å². The Morgan fingerprint density at radius 3 is 2.79 bits per heavy atom. The average molecular weight is 322 g/mol. The van der Waals surface area contributed by atoms with Crippen LogP contribution in [-0.4, -0.2) is 17.0 Å². The van der Waals surface area contributed by atoms with Crippen LogP contribution in [0.15, 0.2) is 12.1 Å². The van der Waals surface area contributed by atoms with Gasteiger partial charge in [0.05, 0.1) is 5.02 Å². The Labute approximate surface area is 128 Å². The molecule has 2 atom stereocenters. The molecular formula is C14H18Cl2FNS. The first-order chi connectivity index (χ1) is 8.91. The van der Waals surface area contributed by atoms with Crippen molar-refractivity contribution in [2.45, 2.75) is 37.5 Å². The van der Waals surface area contributed by atoms with Crippen LogP contribution in [0.5, 0.6) is 0 Å². The summed E-state index contributed by atoms with van der Waals surface area (Å²) in [6, 6.07) is 2.90. The minimum absolute atomic E-state index is 0.0114. The lowest BCUT2D eigenvalue weighted by molar-refractivity contribution is 0.489. The molecule has 0 saturated carbocycles. The van der Waals surface area contributed by atoms with Crippen LogP contribution >= 0.6 is 35.0 Å². The van der Waals surface area contributed by atoms with Gasteiger partial charge in [-0.1, -0.05) is 23.2 Å². The second-order valence-corrected chi connectivity index (χ2v) is 7.79. The number of thioether (sulfide) groups is 1. The van der Waals surface area contributed by atoms with Crippen LogP contribution in [0.3, 0.4) is 0 Å². The Kier molecular flexibility index (Phi) is 5.04. The molecule has 1 aliphatic rings. The fraction of sp³-hybridized carbons (Fsp3) is 0.571. The summed E-state index contributed by atoms with van der Waals surface area (Å²) in [5.74, 6) is 0.805. The van der Waals surface area contributed by atoms with Crippen LogP contribution in [0.1, 0.15) is 38.3 Å². The van der Waals surface area contributed by atoms with Gasteiger partial charge in [-0.05, 0) is 50.1 Å². The Hall–Kier alpha value is 0.0400. The van der Waals surface area contributed by atoms with Gasteiger partial charge in [-0.25, -0.2) is 4.39 Å². The second-order valence-electron chi connectivity index (χ2n) is 5.29. The minimum Gasteiger partial charge on any atom is -0.309 e. The Morgan fingerprint density at radius 2 is 2.16 bits per heavy atom. The molecule has 19 heavy (non-hydrogen) atoms. The van der Waals surface area contributed by atoms with E-state index in [2.05, 4.69) is 12.2 Å². The van der Waals surface area contributed by atoms with Crippen LogP contribution in [0, 0.1) is 5.82 Å². The predicted octanol–water partition coefficient (Wildman–Crippen LogP) is 5.07. The zero-order valence-corrected chi connectivity index (χ0v) is 13.4. The van der Waals surface area contributed by atoms with Gasteiger partial charge in [-0.2, -0.15) is 11.8 Å². The lowest BCUT2D eigenvalue weighted by Crippen LogP contribution is -2.34. The van der Waals surface area contributed by atoms with Gasteiger partial charge < -0.3 is 5.32 Å². The van der Waals surface area contributed by atoms with E-state index >= 15 is 0 Å². The molecule has 5 heteroatoms. The molecule has 0 bridgehead atoms. The predicted molar refractivity (Wildman–Crippen MR) is 82.9 cm³/mol. The summed E-state index contributed by atoms with van der Waals surface area (Å²) in [5.41, 5.74) is 0.759. The van der Waals surface area contributed by atoms with Crippen molar-refractivity contribution in [3.8, 4) is 0 Å². The molecule has 2 rings (SSSR count). The van der Waals surface area contributed by atoms with E-state index in [1.807, 2.05) is 18.7 Å². The molecule has 0 spiro atoms. The molecule has 1 aliphatic heterocycles. The van der Waals surface area contributed by atoms with Crippen LogP contribution in [0.25, 0.3) is 0 Å². The van der Waals surface area contributed by atoms with Gasteiger partial charge in [0.2, 0.25) is 0 Å². The van der Waals surface area contributed by atoms with Gasteiger partial charge in [0.25, 0.3) is 0 Å². The van der Waals surface area contributed by atoms with Gasteiger partial charge in [0.15, 0.2) is 0 Å². The fourth-order valence-electron chi connectivity index (χ4n) is 2.32. The van der Waals surface area contributed by atoms with E-state index in [-0.39, 0.29) is 15.8 Å². The van der Waals surface area contributed by atoms with E-state index in [1.165, 1.54) is 30.7 Å². The molecule has 0 aliphatic carbocycles. The molecule has 0 radical (unpaired) electrons. The summed E-state index contributed by atoms with van der Waals surface area (Å²) < 4.78 is 13.8. The molecule has 106 valence electrons. The van der Waals surface area contributed by atoms with Gasteiger partial charge in [-0.15, -0.1) is 0 Å². The van der Waals surface area contributed by atoms with Crippen LogP contribution in [-0.2, 0) is 0 Å². The molecule has 1 N–H and O–H groups in total. The lowest BCUT2D eigenvalue weighted by atomic mass is 10.0. The van der Waals surface area contributed by atoms with Gasteiger partial charge in [0, 0.05) is 22.4 Å². The molecule has 1 aromatic rings. The molecule has 0 aromatic heterocycles. The number of hydrogen-bond donors (Lipinski definition) is 1. The van der Waals surface area contributed by atoms with Crippen molar-refractivity contribution in [3.05, 3.63) is 33.6 Å². The van der Waals surface area contributed by atoms with Gasteiger partial charge in [0.1, 0.15) is 5.82 Å². The molecule has 0 amide bonds. The normalized spacial score (nSPS) is 24.7. The number of nitrogens with one attached hydrogen (secondary N) is 1. The van der Waals surface area contributed by atoms with E-state index in [4.69, 9.17) is 23.2 Å². The van der Waals surface area contributed by atoms with Crippen LogP contribution in [0.4, 0.5) is 4.39 Å². The zero-order valence-electron chi connectivity index (χ0n) is 11.1. The summed E-state index contributed by atoms with van der Waals surface area (Å²) in [6.07, 6.45) is 2.49.